The largest absolute Gasteiger partial charge is 0.496 e. The first kappa shape index (κ1) is 39.9. The first-order valence-corrected chi connectivity index (χ1v) is 20.3. The van der Waals surface area contributed by atoms with Gasteiger partial charge in [0.15, 0.2) is 0 Å². The number of nitrogens with zero attached hydrogens (tertiary/aromatic N) is 6. The van der Waals surface area contributed by atoms with Crippen molar-refractivity contribution in [3.05, 3.63) is 128 Å². The van der Waals surface area contributed by atoms with Crippen LogP contribution in [-0.4, -0.2) is 61.3 Å². The van der Waals surface area contributed by atoms with Crippen LogP contribution in [0.3, 0.4) is 0 Å². The smallest absolute Gasteiger partial charge is 0.352 e. The number of carbonyl (C=O) groups is 2. The van der Waals surface area contributed by atoms with E-state index in [2.05, 4.69) is 26.4 Å². The van der Waals surface area contributed by atoms with Gasteiger partial charge in [-0.25, -0.2) is 14.8 Å². The summed E-state index contributed by atoms with van der Waals surface area (Å²) >= 11 is 13.6. The van der Waals surface area contributed by atoms with Crippen molar-refractivity contribution < 1.29 is 24.2 Å². The maximum absolute atomic E-state index is 15.5. The lowest BCUT2D eigenvalue weighted by atomic mass is 9.97. The predicted octanol–water partition coefficient (Wildman–Crippen LogP) is 10.3. The molecule has 0 bridgehead atoms. The van der Waals surface area contributed by atoms with Gasteiger partial charge in [-0.2, -0.15) is 0 Å². The fourth-order valence-corrected chi connectivity index (χ4v) is 9.04. The normalized spacial score (nSPS) is 14.0. The quantitative estimate of drug-likeness (QED) is 0.128. The minimum absolute atomic E-state index is 0.0579. The van der Waals surface area contributed by atoms with Gasteiger partial charge in [0, 0.05) is 56.6 Å². The van der Waals surface area contributed by atoms with Crippen molar-refractivity contribution in [1.29, 1.82) is 0 Å². The lowest BCUT2D eigenvalue weighted by molar-refractivity contribution is 0.0686. The molecule has 0 saturated carbocycles. The topological polar surface area (TPSA) is 125 Å². The Labute approximate surface area is 352 Å². The van der Waals surface area contributed by atoms with Crippen LogP contribution in [-0.2, 0) is 13.0 Å². The average Bonchev–Trinajstić information content (AvgIpc) is 3.74. The van der Waals surface area contributed by atoms with Crippen molar-refractivity contribution in [1.82, 2.24) is 24.1 Å². The van der Waals surface area contributed by atoms with Gasteiger partial charge in [-0.05, 0) is 120 Å². The third-order valence-corrected chi connectivity index (χ3v) is 12.2. The molecule has 4 aromatic heterocycles. The molecule has 0 fully saturated rings. The standard InChI is InChI=1S/C46H44Cl2N6O5/c1-24-18-31(19-25(2)41(24)48)59-17-9-12-32-33-13-14-35(47)40(39-28(5)49-23-50-29(39)6)43(33)54-27(4)21-53(45(55)44(32)54)36-15-16-38(58-7)34-20-37(46(56)57)52(42(34)36)22-30-11-8-10-26(3)51-30/h8,10-11,13-16,18-20,23,27H,9,12,17,21-22H2,1-7H3,(H,56,57)/t27-/m1/s1. The molecule has 13 heteroatoms. The minimum atomic E-state index is -1.10. The second-order valence-corrected chi connectivity index (χ2v) is 16.0. The Hall–Kier alpha value is -5.91. The number of hydrogen-bond acceptors (Lipinski definition) is 7. The number of amides is 1. The van der Waals surface area contributed by atoms with Crippen molar-refractivity contribution >= 4 is 62.6 Å². The minimum Gasteiger partial charge on any atom is -0.496 e. The summed E-state index contributed by atoms with van der Waals surface area (Å²) in [6.45, 7) is 12.6. The zero-order valence-corrected chi connectivity index (χ0v) is 35.5. The molecule has 3 aromatic carbocycles. The van der Waals surface area contributed by atoms with Crippen LogP contribution in [0.2, 0.25) is 10.0 Å². The number of carbonyl (C=O) groups excluding carboxylic acids is 1. The molecule has 1 N–H and O–H groups in total. The van der Waals surface area contributed by atoms with E-state index in [0.29, 0.717) is 64.7 Å². The van der Waals surface area contributed by atoms with E-state index in [1.807, 2.05) is 83.1 Å². The zero-order chi connectivity index (χ0) is 41.9. The van der Waals surface area contributed by atoms with E-state index in [4.69, 9.17) is 32.7 Å². The molecule has 1 atom stereocenters. The number of methoxy groups -OCH3 is 1. The fraction of sp³-hybridized carbons (Fsp3) is 0.283. The van der Waals surface area contributed by atoms with E-state index < -0.39 is 5.97 Å². The van der Waals surface area contributed by atoms with Crippen molar-refractivity contribution in [3.63, 3.8) is 0 Å². The Kier molecular flexibility index (Phi) is 10.6. The molecule has 8 rings (SSSR count). The number of fused-ring (bicyclic) bond motifs is 4. The maximum atomic E-state index is 15.5. The zero-order valence-electron chi connectivity index (χ0n) is 34.0. The highest BCUT2D eigenvalue weighted by Gasteiger charge is 2.38. The van der Waals surface area contributed by atoms with Crippen LogP contribution < -0.4 is 14.4 Å². The molecule has 11 nitrogen and oxygen atoms in total. The lowest BCUT2D eigenvalue weighted by Crippen LogP contribution is -2.43. The monoisotopic (exact) mass is 830 g/mol. The molecule has 0 spiro atoms. The molecule has 302 valence electrons. The summed E-state index contributed by atoms with van der Waals surface area (Å²) in [5.74, 6) is -0.0886. The number of benzene rings is 3. The molecular formula is C46H44Cl2N6O5. The van der Waals surface area contributed by atoms with Gasteiger partial charge >= 0.3 is 5.97 Å². The van der Waals surface area contributed by atoms with Crippen molar-refractivity contribution in [2.24, 2.45) is 0 Å². The van der Waals surface area contributed by atoms with Gasteiger partial charge in [-0.1, -0.05) is 35.3 Å². The first-order chi connectivity index (χ1) is 28.3. The van der Waals surface area contributed by atoms with E-state index in [-0.39, 0.29) is 24.2 Å². The summed E-state index contributed by atoms with van der Waals surface area (Å²) in [5.41, 5.74) is 9.99. The summed E-state index contributed by atoms with van der Waals surface area (Å²) in [6, 6.07) is 18.4. The Morgan fingerprint density at radius 1 is 0.915 bits per heavy atom. The van der Waals surface area contributed by atoms with E-state index >= 15 is 4.79 Å². The summed E-state index contributed by atoms with van der Waals surface area (Å²) in [7, 11) is 1.55. The molecule has 0 aliphatic carbocycles. The van der Waals surface area contributed by atoms with Crippen LogP contribution in [0, 0.1) is 34.6 Å². The van der Waals surface area contributed by atoms with Crippen LogP contribution in [0.1, 0.15) is 79.8 Å². The third-order valence-electron chi connectivity index (χ3n) is 11.3. The predicted molar refractivity (Wildman–Crippen MR) is 232 cm³/mol. The van der Waals surface area contributed by atoms with Crippen molar-refractivity contribution in [3.8, 4) is 22.6 Å². The number of pyridine rings is 1. The molecule has 59 heavy (non-hydrogen) atoms. The molecule has 1 aliphatic rings. The highest BCUT2D eigenvalue weighted by atomic mass is 35.5. The van der Waals surface area contributed by atoms with Crippen LogP contribution >= 0.6 is 23.2 Å². The van der Waals surface area contributed by atoms with E-state index in [1.54, 1.807) is 35.0 Å². The molecule has 7 aromatic rings. The molecule has 0 unspecified atom stereocenters. The number of aryl methyl sites for hydroxylation is 6. The van der Waals surface area contributed by atoms with Crippen LogP contribution in [0.25, 0.3) is 32.9 Å². The molecular weight excluding hydrogens is 787 g/mol. The SMILES string of the molecule is COc1ccc(N2C[C@@H](C)n3c(c(CCCOc4cc(C)c(Cl)c(C)c4)c4ccc(Cl)c(-c5c(C)ncnc5C)c43)C2=O)c2c1cc(C(=O)O)n2Cc1cccc(C)n1. The molecule has 5 heterocycles. The second-order valence-electron chi connectivity index (χ2n) is 15.3. The Morgan fingerprint density at radius 3 is 2.32 bits per heavy atom. The van der Waals surface area contributed by atoms with Gasteiger partial charge in [-0.15, -0.1) is 0 Å². The number of aromatic carboxylic acids is 1. The number of halogens is 2. The van der Waals surface area contributed by atoms with Crippen molar-refractivity contribution in [2.75, 3.05) is 25.2 Å². The Bertz CT molecular complexity index is 2800. The Balaban J connectivity index is 1.30. The van der Waals surface area contributed by atoms with Crippen LogP contribution in [0.15, 0.2) is 67.0 Å². The summed E-state index contributed by atoms with van der Waals surface area (Å²) in [5, 5.41) is 13.2. The van der Waals surface area contributed by atoms with Crippen LogP contribution in [0.5, 0.6) is 11.5 Å². The van der Waals surface area contributed by atoms with Gasteiger partial charge in [0.1, 0.15) is 29.2 Å². The average molecular weight is 832 g/mol. The number of anilines is 1. The number of ether oxygens (including phenoxy) is 2. The lowest BCUT2D eigenvalue weighted by Gasteiger charge is -2.35. The highest BCUT2D eigenvalue weighted by molar-refractivity contribution is 6.35. The van der Waals surface area contributed by atoms with Gasteiger partial charge in [0.2, 0.25) is 0 Å². The number of carboxylic acid groups (broad SMARTS) is 1. The Morgan fingerprint density at radius 2 is 1.64 bits per heavy atom. The van der Waals surface area contributed by atoms with Gasteiger partial charge in [0.05, 0.1) is 47.7 Å². The van der Waals surface area contributed by atoms with Crippen molar-refractivity contribution in [2.45, 2.75) is 67.0 Å². The number of carboxylic acids is 1. The van der Waals surface area contributed by atoms with Crippen LogP contribution in [0.4, 0.5) is 5.69 Å². The summed E-state index contributed by atoms with van der Waals surface area (Å²) < 4.78 is 15.9. The molecule has 0 saturated heterocycles. The second kappa shape index (κ2) is 15.7. The maximum Gasteiger partial charge on any atom is 0.352 e. The summed E-state index contributed by atoms with van der Waals surface area (Å²) in [4.78, 5) is 43.9. The third kappa shape index (κ3) is 6.95. The van der Waals surface area contributed by atoms with E-state index in [0.717, 1.165) is 66.6 Å². The first-order valence-electron chi connectivity index (χ1n) is 19.5. The number of hydrogen-bond donors (Lipinski definition) is 1. The molecule has 1 amide bonds. The van der Waals surface area contributed by atoms with E-state index in [1.165, 1.54) is 0 Å². The number of rotatable bonds is 11. The van der Waals surface area contributed by atoms with Gasteiger partial charge < -0.3 is 28.6 Å². The van der Waals surface area contributed by atoms with Gasteiger partial charge in [0.25, 0.3) is 5.91 Å². The molecule has 0 radical (unpaired) electrons. The van der Waals surface area contributed by atoms with Gasteiger partial charge in [-0.3, -0.25) is 9.78 Å². The highest BCUT2D eigenvalue weighted by Crippen LogP contribution is 2.46. The molecule has 1 aliphatic heterocycles. The number of aromatic nitrogens is 5. The fourth-order valence-electron chi connectivity index (χ4n) is 8.68. The van der Waals surface area contributed by atoms with E-state index in [9.17, 15) is 9.90 Å². The summed E-state index contributed by atoms with van der Waals surface area (Å²) in [6.07, 6.45) is 2.68.